The van der Waals surface area contributed by atoms with Crippen LogP contribution in [0, 0.1) is 17.8 Å². The molecule has 2 rings (SSSR count). The Bertz CT molecular complexity index is 574. The molecule has 0 bridgehead atoms. The Balaban J connectivity index is 1.83. The van der Waals surface area contributed by atoms with Crippen LogP contribution in [0.25, 0.3) is 0 Å². The molecule has 1 unspecified atom stereocenters. The number of carboxylic acid groups (broad SMARTS) is 1. The minimum absolute atomic E-state index is 0.0798. The number of aliphatic carboxylic acids is 1. The lowest BCUT2D eigenvalue weighted by Crippen LogP contribution is -2.35. The van der Waals surface area contributed by atoms with E-state index in [1.165, 1.54) is 0 Å². The highest BCUT2D eigenvalue weighted by Gasteiger charge is 2.28. The molecule has 0 saturated heterocycles. The Labute approximate surface area is 149 Å². The molecule has 2 N–H and O–H groups in total. The predicted octanol–water partition coefficient (Wildman–Crippen LogP) is 3.79. The van der Waals surface area contributed by atoms with Crippen LogP contribution in [0.4, 0.5) is 0 Å². The second-order valence-electron chi connectivity index (χ2n) is 7.34. The molecule has 1 aliphatic carbocycles. The maximum absolute atomic E-state index is 12.5. The smallest absolute Gasteiger partial charge is 0.341 e. The second kappa shape index (κ2) is 8.88. The van der Waals surface area contributed by atoms with Gasteiger partial charge in [0.05, 0.1) is 6.04 Å². The molecule has 1 saturated carbocycles. The molecule has 1 atom stereocenters. The monoisotopic (exact) mass is 347 g/mol. The average Bonchev–Trinajstić information content (AvgIpc) is 2.60. The lowest BCUT2D eigenvalue weighted by molar-refractivity contribution is -0.139. The van der Waals surface area contributed by atoms with Crippen molar-refractivity contribution in [3.8, 4) is 5.75 Å². The SMILES string of the molecule is CC(NC(=O)C1CCC(C(C)C)CC1)c1ccc(OCC(=O)O)cc1. The molecule has 138 valence electrons. The minimum Gasteiger partial charge on any atom is -0.482 e. The van der Waals surface area contributed by atoms with Gasteiger partial charge in [0.25, 0.3) is 0 Å². The van der Waals surface area contributed by atoms with E-state index in [0.717, 1.165) is 37.2 Å². The molecule has 0 heterocycles. The van der Waals surface area contributed by atoms with Gasteiger partial charge in [-0.15, -0.1) is 0 Å². The predicted molar refractivity (Wildman–Crippen MR) is 96.4 cm³/mol. The number of hydrogen-bond donors (Lipinski definition) is 2. The fourth-order valence-electron chi connectivity index (χ4n) is 3.46. The van der Waals surface area contributed by atoms with E-state index in [4.69, 9.17) is 9.84 Å². The fraction of sp³-hybridized carbons (Fsp3) is 0.600. The first kappa shape index (κ1) is 19.3. The Kier molecular flexibility index (Phi) is 6.85. The van der Waals surface area contributed by atoms with E-state index in [2.05, 4.69) is 19.2 Å². The molecule has 1 aliphatic rings. The highest BCUT2D eigenvalue weighted by molar-refractivity contribution is 5.79. The molecule has 0 radical (unpaired) electrons. The third-order valence-electron chi connectivity index (χ3n) is 5.19. The van der Waals surface area contributed by atoms with Gasteiger partial charge in [0.2, 0.25) is 5.91 Å². The second-order valence-corrected chi connectivity index (χ2v) is 7.34. The summed E-state index contributed by atoms with van der Waals surface area (Å²) in [6.45, 7) is 6.13. The van der Waals surface area contributed by atoms with E-state index in [1.807, 2.05) is 19.1 Å². The van der Waals surface area contributed by atoms with Crippen molar-refractivity contribution in [2.75, 3.05) is 6.61 Å². The van der Waals surface area contributed by atoms with Gasteiger partial charge in [-0.2, -0.15) is 0 Å². The van der Waals surface area contributed by atoms with Crippen LogP contribution in [-0.2, 0) is 9.59 Å². The van der Waals surface area contributed by atoms with Gasteiger partial charge in [-0.05, 0) is 62.1 Å². The Morgan fingerprint density at radius 1 is 1.12 bits per heavy atom. The Morgan fingerprint density at radius 3 is 2.24 bits per heavy atom. The largest absolute Gasteiger partial charge is 0.482 e. The van der Waals surface area contributed by atoms with Gasteiger partial charge >= 0.3 is 5.97 Å². The van der Waals surface area contributed by atoms with Crippen LogP contribution in [-0.4, -0.2) is 23.6 Å². The maximum atomic E-state index is 12.5. The number of carboxylic acids is 1. The summed E-state index contributed by atoms with van der Waals surface area (Å²) in [5, 5.41) is 11.7. The molecule has 25 heavy (non-hydrogen) atoms. The van der Waals surface area contributed by atoms with Crippen LogP contribution in [0.2, 0.25) is 0 Å². The first-order valence-corrected chi connectivity index (χ1v) is 9.11. The highest BCUT2D eigenvalue weighted by atomic mass is 16.5. The molecule has 1 fully saturated rings. The third kappa shape index (κ3) is 5.76. The van der Waals surface area contributed by atoms with Gasteiger partial charge in [0.15, 0.2) is 6.61 Å². The summed E-state index contributed by atoms with van der Waals surface area (Å²) < 4.78 is 5.12. The topological polar surface area (TPSA) is 75.6 Å². The standard InChI is InChI=1S/C20H29NO4/c1-13(2)15-4-6-17(7-5-15)20(24)21-14(3)16-8-10-18(11-9-16)25-12-19(22)23/h8-11,13-15,17H,4-7,12H2,1-3H3,(H,21,24)(H,22,23). The summed E-state index contributed by atoms with van der Waals surface area (Å²) >= 11 is 0. The molecule has 5 heteroatoms. The van der Waals surface area contributed by atoms with Crippen molar-refractivity contribution in [3.05, 3.63) is 29.8 Å². The van der Waals surface area contributed by atoms with E-state index in [0.29, 0.717) is 11.7 Å². The molecule has 1 aromatic rings. The molecular formula is C20H29NO4. The van der Waals surface area contributed by atoms with E-state index in [9.17, 15) is 9.59 Å². The normalized spacial score (nSPS) is 21.6. The van der Waals surface area contributed by atoms with Gasteiger partial charge < -0.3 is 15.2 Å². The number of nitrogens with one attached hydrogen (secondary N) is 1. The van der Waals surface area contributed by atoms with Crippen molar-refractivity contribution in [2.24, 2.45) is 17.8 Å². The Hall–Kier alpha value is -2.04. The number of ether oxygens (including phenoxy) is 1. The van der Waals surface area contributed by atoms with E-state index in [-0.39, 0.29) is 24.5 Å². The lowest BCUT2D eigenvalue weighted by Gasteiger charge is -2.30. The average molecular weight is 347 g/mol. The number of amides is 1. The summed E-state index contributed by atoms with van der Waals surface area (Å²) in [6, 6.07) is 7.10. The van der Waals surface area contributed by atoms with E-state index < -0.39 is 5.97 Å². The van der Waals surface area contributed by atoms with Gasteiger partial charge in [-0.25, -0.2) is 4.79 Å². The van der Waals surface area contributed by atoms with Crippen LogP contribution < -0.4 is 10.1 Å². The van der Waals surface area contributed by atoms with Crippen molar-refractivity contribution < 1.29 is 19.4 Å². The highest BCUT2D eigenvalue weighted by Crippen LogP contribution is 2.33. The van der Waals surface area contributed by atoms with Crippen LogP contribution in [0.15, 0.2) is 24.3 Å². The number of rotatable bonds is 7. The fourth-order valence-corrected chi connectivity index (χ4v) is 3.46. The van der Waals surface area contributed by atoms with Crippen molar-refractivity contribution >= 4 is 11.9 Å². The van der Waals surface area contributed by atoms with Crippen LogP contribution in [0.5, 0.6) is 5.75 Å². The summed E-state index contributed by atoms with van der Waals surface area (Å²) in [5.74, 6) is 1.22. The van der Waals surface area contributed by atoms with Gasteiger partial charge in [0, 0.05) is 5.92 Å². The zero-order valence-electron chi connectivity index (χ0n) is 15.3. The van der Waals surface area contributed by atoms with Gasteiger partial charge in [0.1, 0.15) is 5.75 Å². The molecule has 5 nitrogen and oxygen atoms in total. The quantitative estimate of drug-likeness (QED) is 0.787. The van der Waals surface area contributed by atoms with Crippen LogP contribution in [0.1, 0.15) is 58.1 Å². The zero-order chi connectivity index (χ0) is 18.4. The van der Waals surface area contributed by atoms with E-state index >= 15 is 0 Å². The minimum atomic E-state index is -1.00. The number of hydrogen-bond acceptors (Lipinski definition) is 3. The van der Waals surface area contributed by atoms with E-state index in [1.54, 1.807) is 12.1 Å². The van der Waals surface area contributed by atoms with Crippen molar-refractivity contribution in [1.29, 1.82) is 0 Å². The number of carbonyl (C=O) groups is 2. The summed E-state index contributed by atoms with van der Waals surface area (Å²) in [6.07, 6.45) is 4.23. The first-order chi connectivity index (χ1) is 11.9. The summed E-state index contributed by atoms with van der Waals surface area (Å²) in [7, 11) is 0. The lowest BCUT2D eigenvalue weighted by atomic mass is 9.76. The first-order valence-electron chi connectivity index (χ1n) is 9.11. The molecule has 1 amide bonds. The van der Waals surface area contributed by atoms with Crippen LogP contribution in [0.3, 0.4) is 0 Å². The summed E-state index contributed by atoms with van der Waals surface area (Å²) in [4.78, 5) is 23.0. The van der Waals surface area contributed by atoms with Crippen molar-refractivity contribution in [1.82, 2.24) is 5.32 Å². The Morgan fingerprint density at radius 2 is 1.72 bits per heavy atom. The zero-order valence-corrected chi connectivity index (χ0v) is 15.3. The molecule has 0 aromatic heterocycles. The maximum Gasteiger partial charge on any atom is 0.341 e. The molecule has 0 aliphatic heterocycles. The molecular weight excluding hydrogens is 318 g/mol. The number of benzene rings is 1. The third-order valence-corrected chi connectivity index (χ3v) is 5.19. The molecule has 1 aromatic carbocycles. The van der Waals surface area contributed by atoms with Gasteiger partial charge in [-0.1, -0.05) is 26.0 Å². The van der Waals surface area contributed by atoms with Crippen molar-refractivity contribution in [2.45, 2.75) is 52.5 Å². The molecule has 0 spiro atoms. The van der Waals surface area contributed by atoms with Crippen molar-refractivity contribution in [3.63, 3.8) is 0 Å². The number of carbonyl (C=O) groups excluding carboxylic acids is 1. The van der Waals surface area contributed by atoms with Crippen LogP contribution >= 0.6 is 0 Å². The van der Waals surface area contributed by atoms with Gasteiger partial charge in [-0.3, -0.25) is 4.79 Å². The summed E-state index contributed by atoms with van der Waals surface area (Å²) in [5.41, 5.74) is 0.979.